The van der Waals surface area contributed by atoms with E-state index in [2.05, 4.69) is 71.1 Å². The fourth-order valence-corrected chi connectivity index (χ4v) is 5.26. The smallest absolute Gasteiger partial charge is 0.192 e. The molecule has 3 aromatic rings. The Morgan fingerprint density at radius 2 is 1.73 bits per heavy atom. The number of aryl methyl sites for hydroxylation is 1. The molecule has 0 bridgehead atoms. The van der Waals surface area contributed by atoms with Gasteiger partial charge >= 0.3 is 0 Å². The van der Waals surface area contributed by atoms with E-state index in [1.54, 1.807) is 16.9 Å². The zero-order chi connectivity index (χ0) is 27.8. The number of nitrogens with zero attached hydrogens (tertiary/aromatic N) is 4. The Morgan fingerprint density at radius 3 is 2.30 bits per heavy atom. The molecule has 37 heavy (non-hydrogen) atoms. The van der Waals surface area contributed by atoms with E-state index >= 15 is 0 Å². The van der Waals surface area contributed by atoms with Crippen LogP contribution >= 0.6 is 23.2 Å². The first-order valence-electron chi connectivity index (χ1n) is 12.5. The van der Waals surface area contributed by atoms with E-state index in [4.69, 9.17) is 37.3 Å². The van der Waals surface area contributed by atoms with Gasteiger partial charge in [0.25, 0.3) is 0 Å². The van der Waals surface area contributed by atoms with E-state index in [0.717, 1.165) is 11.3 Å². The van der Waals surface area contributed by atoms with Crippen LogP contribution in [-0.2, 0) is 11.5 Å². The van der Waals surface area contributed by atoms with E-state index in [0.29, 0.717) is 39.6 Å². The molecule has 3 rings (SSSR count). The van der Waals surface area contributed by atoms with Crippen molar-refractivity contribution in [1.29, 1.82) is 0 Å². The maximum Gasteiger partial charge on any atom is 0.192 e. The monoisotopic (exact) mass is 561 g/mol. The van der Waals surface area contributed by atoms with Gasteiger partial charge < -0.3 is 9.16 Å². The van der Waals surface area contributed by atoms with Crippen LogP contribution < -0.4 is 4.74 Å². The first-order valence-corrected chi connectivity index (χ1v) is 16.1. The summed E-state index contributed by atoms with van der Waals surface area (Å²) >= 11 is 13.1. The zero-order valence-corrected chi connectivity index (χ0v) is 26.1. The summed E-state index contributed by atoms with van der Waals surface area (Å²) in [6.45, 7) is 20.1. The van der Waals surface area contributed by atoms with Crippen molar-refractivity contribution in [3.63, 3.8) is 0 Å². The maximum atomic E-state index is 6.72. The van der Waals surface area contributed by atoms with Crippen LogP contribution in [-0.4, -0.2) is 40.8 Å². The number of rotatable bonds is 8. The SMILES string of the molecule is Cc1c(Cl)nc(-c2cc(OC[C@@H]([CH]C(C)(C)C)O[Si](C)(C)C(C)(C)C)ccc2Cl)nc1-c1ccnn1C. The molecule has 6 nitrogen and oxygen atoms in total. The largest absolute Gasteiger partial charge is 0.491 e. The molecule has 1 aromatic carbocycles. The van der Waals surface area contributed by atoms with Crippen molar-refractivity contribution in [2.24, 2.45) is 12.5 Å². The molecule has 0 spiro atoms. The lowest BCUT2D eigenvalue weighted by molar-refractivity contribution is 0.121. The van der Waals surface area contributed by atoms with Crippen LogP contribution in [0.3, 0.4) is 0 Å². The molecule has 0 fully saturated rings. The summed E-state index contributed by atoms with van der Waals surface area (Å²) in [7, 11) is -0.138. The van der Waals surface area contributed by atoms with E-state index in [1.807, 2.05) is 32.2 Å². The molecule has 2 aromatic heterocycles. The molecule has 0 aliphatic rings. The molecule has 1 radical (unpaired) electrons. The van der Waals surface area contributed by atoms with Crippen molar-refractivity contribution in [2.75, 3.05) is 6.61 Å². The molecule has 1 atom stereocenters. The quantitative estimate of drug-likeness (QED) is 0.205. The van der Waals surface area contributed by atoms with Gasteiger partial charge in [0.1, 0.15) is 17.5 Å². The van der Waals surface area contributed by atoms with Gasteiger partial charge in [0.05, 0.1) is 22.5 Å². The van der Waals surface area contributed by atoms with Crippen LogP contribution in [0.5, 0.6) is 5.75 Å². The second-order valence-electron chi connectivity index (χ2n) is 12.1. The van der Waals surface area contributed by atoms with Crippen molar-refractivity contribution in [3.8, 4) is 28.5 Å². The minimum absolute atomic E-state index is 0.0176. The molecule has 2 heterocycles. The fourth-order valence-electron chi connectivity index (χ4n) is 3.64. The third-order valence-corrected chi connectivity index (χ3v) is 11.9. The highest BCUT2D eigenvalue weighted by molar-refractivity contribution is 6.74. The highest BCUT2D eigenvalue weighted by atomic mass is 35.5. The van der Waals surface area contributed by atoms with Gasteiger partial charge in [-0.1, -0.05) is 64.7 Å². The Bertz CT molecular complexity index is 1250. The maximum absolute atomic E-state index is 6.72. The lowest BCUT2D eigenvalue weighted by atomic mass is 9.89. The molecule has 0 amide bonds. The minimum Gasteiger partial charge on any atom is -0.491 e. The van der Waals surface area contributed by atoms with Crippen LogP contribution in [0, 0.1) is 18.8 Å². The summed E-state index contributed by atoms with van der Waals surface area (Å²) in [4.78, 5) is 9.33. The van der Waals surface area contributed by atoms with Gasteiger partial charge in [-0.2, -0.15) is 5.10 Å². The standard InChI is InChI=1S/C28H39Cl2N4O2Si/c1-18-24(23-13-14-31-34(23)8)32-26(33-25(18)30)21-15-19(11-12-22(21)29)35-17-20(16-27(2,3)4)36-37(9,10)28(5,6)7/h11-16,20H,17H2,1-10H3/t20-/m1/s1. The summed E-state index contributed by atoms with van der Waals surface area (Å²) in [5, 5.41) is 5.23. The number of hydrogen-bond donors (Lipinski definition) is 0. The third kappa shape index (κ3) is 7.34. The molecule has 0 unspecified atom stereocenters. The molecule has 0 N–H and O–H groups in total. The average molecular weight is 563 g/mol. The van der Waals surface area contributed by atoms with Crippen molar-refractivity contribution in [2.45, 2.75) is 72.7 Å². The van der Waals surface area contributed by atoms with Gasteiger partial charge in [-0.3, -0.25) is 4.68 Å². The van der Waals surface area contributed by atoms with Gasteiger partial charge in [0.2, 0.25) is 0 Å². The summed E-state index contributed by atoms with van der Waals surface area (Å²) in [6, 6.07) is 7.40. The number of ether oxygens (including phenoxy) is 1. The van der Waals surface area contributed by atoms with E-state index in [-0.39, 0.29) is 16.6 Å². The van der Waals surface area contributed by atoms with Crippen LogP contribution in [0.2, 0.25) is 28.3 Å². The normalized spacial score (nSPS) is 13.6. The van der Waals surface area contributed by atoms with Crippen molar-refractivity contribution < 1.29 is 9.16 Å². The average Bonchev–Trinajstić information content (AvgIpc) is 3.18. The highest BCUT2D eigenvalue weighted by Crippen LogP contribution is 2.39. The van der Waals surface area contributed by atoms with Crippen LogP contribution in [0.15, 0.2) is 30.5 Å². The summed E-state index contributed by atoms with van der Waals surface area (Å²) in [5.74, 6) is 1.09. The topological polar surface area (TPSA) is 62.1 Å². The minimum atomic E-state index is -2.00. The van der Waals surface area contributed by atoms with Gasteiger partial charge in [-0.15, -0.1) is 0 Å². The van der Waals surface area contributed by atoms with E-state index in [9.17, 15) is 0 Å². The summed E-state index contributed by atoms with van der Waals surface area (Å²) < 4.78 is 14.7. The molecule has 0 aliphatic heterocycles. The van der Waals surface area contributed by atoms with Gasteiger partial charge in [0.15, 0.2) is 14.1 Å². The van der Waals surface area contributed by atoms with Crippen LogP contribution in [0.4, 0.5) is 0 Å². The second kappa shape index (κ2) is 11.0. The molecule has 9 heteroatoms. The Balaban J connectivity index is 1.91. The van der Waals surface area contributed by atoms with Crippen molar-refractivity contribution in [1.82, 2.24) is 19.7 Å². The second-order valence-corrected chi connectivity index (χ2v) is 17.6. The number of benzene rings is 1. The number of hydrogen-bond acceptors (Lipinski definition) is 5. The van der Waals surface area contributed by atoms with Gasteiger partial charge in [0, 0.05) is 24.4 Å². The van der Waals surface area contributed by atoms with E-state index < -0.39 is 8.32 Å². The molecular formula is C28H39Cl2N4O2Si. The van der Waals surface area contributed by atoms with Gasteiger partial charge in [-0.05, 0) is 61.2 Å². The first kappa shape index (κ1) is 29.6. The zero-order valence-electron chi connectivity index (χ0n) is 23.6. The highest BCUT2D eigenvalue weighted by Gasteiger charge is 2.40. The number of aromatic nitrogens is 4. The number of halogens is 2. The molecular weight excluding hydrogens is 523 g/mol. The van der Waals surface area contributed by atoms with E-state index in [1.165, 1.54) is 0 Å². The van der Waals surface area contributed by atoms with Crippen molar-refractivity contribution in [3.05, 3.63) is 52.6 Å². The Hall–Kier alpha value is -1.93. The Labute approximate surface area is 232 Å². The molecule has 201 valence electrons. The Kier molecular flexibility index (Phi) is 8.84. The van der Waals surface area contributed by atoms with Crippen LogP contribution in [0.25, 0.3) is 22.8 Å². The molecule has 0 aliphatic carbocycles. The summed E-state index contributed by atoms with van der Waals surface area (Å²) in [6.07, 6.45) is 3.80. The first-order chi connectivity index (χ1) is 17.0. The van der Waals surface area contributed by atoms with Crippen LogP contribution in [0.1, 0.15) is 47.1 Å². The predicted molar refractivity (Wildman–Crippen MR) is 156 cm³/mol. The predicted octanol–water partition coefficient (Wildman–Crippen LogP) is 8.18. The lowest BCUT2D eigenvalue weighted by Crippen LogP contribution is -2.46. The Morgan fingerprint density at radius 1 is 1.05 bits per heavy atom. The third-order valence-electron chi connectivity index (χ3n) is 6.68. The van der Waals surface area contributed by atoms with Gasteiger partial charge in [-0.25, -0.2) is 9.97 Å². The molecule has 0 saturated heterocycles. The fraction of sp³-hybridized carbons (Fsp3) is 0.500. The summed E-state index contributed by atoms with van der Waals surface area (Å²) in [5.41, 5.74) is 2.96. The molecule has 0 saturated carbocycles. The lowest BCUT2D eigenvalue weighted by Gasteiger charge is -2.40. The van der Waals surface area contributed by atoms with Crippen molar-refractivity contribution >= 4 is 31.5 Å².